The number of amides is 1. The molecule has 0 spiro atoms. The summed E-state index contributed by atoms with van der Waals surface area (Å²) in [4.78, 5) is 12.7. The molecule has 0 aliphatic carbocycles. The molecule has 26 heavy (non-hydrogen) atoms. The van der Waals surface area contributed by atoms with Crippen molar-refractivity contribution in [2.45, 2.75) is 24.3 Å². The molecule has 140 valence electrons. The molecule has 2 N–H and O–H groups in total. The van der Waals surface area contributed by atoms with E-state index in [2.05, 4.69) is 10.0 Å². The van der Waals surface area contributed by atoms with Crippen LogP contribution < -0.4 is 10.0 Å². The van der Waals surface area contributed by atoms with Crippen molar-refractivity contribution in [3.63, 3.8) is 0 Å². The van der Waals surface area contributed by atoms with E-state index in [1.807, 2.05) is 6.26 Å². The van der Waals surface area contributed by atoms with Crippen molar-refractivity contribution in [3.05, 3.63) is 59.9 Å². The summed E-state index contributed by atoms with van der Waals surface area (Å²) in [5.41, 5.74) is 1.01. The van der Waals surface area contributed by atoms with E-state index in [1.165, 1.54) is 36.0 Å². The van der Waals surface area contributed by atoms with Gasteiger partial charge in [-0.3, -0.25) is 4.79 Å². The molecule has 1 amide bonds. The minimum absolute atomic E-state index is 0.0869. The molecule has 0 aliphatic rings. The van der Waals surface area contributed by atoms with Gasteiger partial charge < -0.3 is 5.32 Å². The average Bonchev–Trinajstić information content (AvgIpc) is 2.62. The second-order valence-corrected chi connectivity index (χ2v) is 8.42. The number of nitrogens with one attached hydrogen (secondary N) is 2. The molecule has 8 heteroatoms. The SMILES string of the molecule is CSCC[C@@H](NS(=O)(=O)c1ccccc1)C(=O)Nc1cc(F)ccc1C. The molecule has 1 atom stereocenters. The van der Waals surface area contributed by atoms with E-state index < -0.39 is 27.8 Å². The van der Waals surface area contributed by atoms with Gasteiger partial charge in [-0.25, -0.2) is 12.8 Å². The standard InChI is InChI=1S/C18H21FN2O3S2/c1-13-8-9-14(19)12-17(13)20-18(22)16(10-11-25-2)21-26(23,24)15-6-4-3-5-7-15/h3-9,12,16,21H,10-11H2,1-2H3,(H,20,22)/t16-/m1/s1. The van der Waals surface area contributed by atoms with E-state index in [1.54, 1.807) is 31.2 Å². The van der Waals surface area contributed by atoms with Crippen LogP contribution in [0.3, 0.4) is 0 Å². The van der Waals surface area contributed by atoms with Crippen LogP contribution in [0.2, 0.25) is 0 Å². The minimum Gasteiger partial charge on any atom is -0.324 e. The predicted molar refractivity (Wildman–Crippen MR) is 103 cm³/mol. The number of rotatable bonds is 8. The summed E-state index contributed by atoms with van der Waals surface area (Å²) in [5, 5.41) is 2.62. The van der Waals surface area contributed by atoms with Crippen LogP contribution in [0.5, 0.6) is 0 Å². The number of thioether (sulfide) groups is 1. The molecule has 2 aromatic rings. The highest BCUT2D eigenvalue weighted by atomic mass is 32.2. The van der Waals surface area contributed by atoms with Crippen LogP contribution in [0.1, 0.15) is 12.0 Å². The number of benzene rings is 2. The fourth-order valence-corrected chi connectivity index (χ4v) is 4.01. The first-order chi connectivity index (χ1) is 12.3. The van der Waals surface area contributed by atoms with Gasteiger partial charge in [0.15, 0.2) is 0 Å². The van der Waals surface area contributed by atoms with Gasteiger partial charge in [0, 0.05) is 5.69 Å². The minimum atomic E-state index is -3.84. The third-order valence-electron chi connectivity index (χ3n) is 3.74. The molecule has 0 saturated carbocycles. The van der Waals surface area contributed by atoms with Crippen molar-refractivity contribution in [2.24, 2.45) is 0 Å². The molecule has 2 rings (SSSR count). The number of carbonyl (C=O) groups is 1. The topological polar surface area (TPSA) is 75.3 Å². The van der Waals surface area contributed by atoms with Crippen molar-refractivity contribution >= 4 is 33.4 Å². The lowest BCUT2D eigenvalue weighted by atomic mass is 10.1. The fraction of sp³-hybridized carbons (Fsp3) is 0.278. The molecular formula is C18H21FN2O3S2. The number of carbonyl (C=O) groups excluding carboxylic acids is 1. The van der Waals surface area contributed by atoms with E-state index in [-0.39, 0.29) is 4.90 Å². The van der Waals surface area contributed by atoms with Crippen molar-refractivity contribution in [2.75, 3.05) is 17.3 Å². The van der Waals surface area contributed by atoms with E-state index in [4.69, 9.17) is 0 Å². The lowest BCUT2D eigenvalue weighted by Gasteiger charge is -2.19. The fourth-order valence-electron chi connectivity index (χ4n) is 2.28. The second-order valence-electron chi connectivity index (χ2n) is 5.72. The van der Waals surface area contributed by atoms with E-state index in [0.29, 0.717) is 23.4 Å². The molecule has 0 unspecified atom stereocenters. The highest BCUT2D eigenvalue weighted by molar-refractivity contribution is 7.98. The maximum atomic E-state index is 13.4. The van der Waals surface area contributed by atoms with Crippen molar-refractivity contribution in [3.8, 4) is 0 Å². The quantitative estimate of drug-likeness (QED) is 0.719. The van der Waals surface area contributed by atoms with Crippen LogP contribution in [-0.2, 0) is 14.8 Å². The summed E-state index contributed by atoms with van der Waals surface area (Å²) >= 11 is 1.51. The number of halogens is 1. The zero-order valence-corrected chi connectivity index (χ0v) is 16.2. The molecule has 0 saturated heterocycles. The summed E-state index contributed by atoms with van der Waals surface area (Å²) in [6.45, 7) is 1.74. The maximum absolute atomic E-state index is 13.4. The third kappa shape index (κ3) is 5.55. The Morgan fingerprint density at radius 3 is 2.54 bits per heavy atom. The number of hydrogen-bond donors (Lipinski definition) is 2. The van der Waals surface area contributed by atoms with Crippen LogP contribution in [-0.4, -0.2) is 32.4 Å². The van der Waals surface area contributed by atoms with Gasteiger partial charge in [-0.1, -0.05) is 24.3 Å². The highest BCUT2D eigenvalue weighted by Gasteiger charge is 2.25. The zero-order valence-electron chi connectivity index (χ0n) is 14.5. The Morgan fingerprint density at radius 1 is 1.19 bits per heavy atom. The van der Waals surface area contributed by atoms with Crippen molar-refractivity contribution < 1.29 is 17.6 Å². The number of sulfonamides is 1. The molecular weight excluding hydrogens is 375 g/mol. The summed E-state index contributed by atoms with van der Waals surface area (Å²) in [5.74, 6) is -0.402. The van der Waals surface area contributed by atoms with Gasteiger partial charge in [-0.2, -0.15) is 16.5 Å². The van der Waals surface area contributed by atoms with Crippen LogP contribution in [0, 0.1) is 12.7 Å². The third-order valence-corrected chi connectivity index (χ3v) is 5.87. The molecule has 0 heterocycles. The van der Waals surface area contributed by atoms with E-state index in [9.17, 15) is 17.6 Å². The summed E-state index contributed by atoms with van der Waals surface area (Å²) < 4.78 is 40.9. The molecule has 0 bridgehead atoms. The highest BCUT2D eigenvalue weighted by Crippen LogP contribution is 2.17. The Labute approximate surface area is 157 Å². The maximum Gasteiger partial charge on any atom is 0.242 e. The van der Waals surface area contributed by atoms with Crippen LogP contribution >= 0.6 is 11.8 Å². The molecule has 2 aromatic carbocycles. The molecule has 0 aromatic heterocycles. The average molecular weight is 397 g/mol. The Balaban J connectivity index is 2.20. The van der Waals surface area contributed by atoms with Gasteiger partial charge >= 0.3 is 0 Å². The van der Waals surface area contributed by atoms with Crippen molar-refractivity contribution in [1.29, 1.82) is 0 Å². The number of aryl methyl sites for hydroxylation is 1. The lowest BCUT2D eigenvalue weighted by Crippen LogP contribution is -2.44. The largest absolute Gasteiger partial charge is 0.324 e. The number of anilines is 1. The molecule has 0 fully saturated rings. The Morgan fingerprint density at radius 2 is 1.88 bits per heavy atom. The van der Waals surface area contributed by atoms with E-state index >= 15 is 0 Å². The first kappa shape index (κ1) is 20.4. The van der Waals surface area contributed by atoms with Crippen LogP contribution in [0.4, 0.5) is 10.1 Å². The Hall–Kier alpha value is -1.90. The molecule has 0 aliphatic heterocycles. The first-order valence-electron chi connectivity index (χ1n) is 7.97. The van der Waals surface area contributed by atoms with E-state index in [0.717, 1.165) is 0 Å². The monoisotopic (exact) mass is 396 g/mol. The van der Waals surface area contributed by atoms with Crippen molar-refractivity contribution in [1.82, 2.24) is 4.72 Å². The van der Waals surface area contributed by atoms with Crippen LogP contribution in [0.25, 0.3) is 0 Å². The smallest absolute Gasteiger partial charge is 0.242 e. The van der Waals surface area contributed by atoms with Gasteiger partial charge in [-0.05, 0) is 55.2 Å². The Kier molecular flexibility index (Phi) is 7.19. The molecule has 5 nitrogen and oxygen atoms in total. The zero-order chi connectivity index (χ0) is 19.2. The molecule has 0 radical (unpaired) electrons. The summed E-state index contributed by atoms with van der Waals surface area (Å²) in [6.07, 6.45) is 2.19. The van der Waals surface area contributed by atoms with Crippen LogP contribution in [0.15, 0.2) is 53.4 Å². The van der Waals surface area contributed by atoms with Gasteiger partial charge in [0.05, 0.1) is 4.90 Å². The predicted octanol–water partition coefficient (Wildman–Crippen LogP) is 3.17. The summed E-state index contributed by atoms with van der Waals surface area (Å²) in [6, 6.07) is 11.0. The number of hydrogen-bond acceptors (Lipinski definition) is 4. The lowest BCUT2D eigenvalue weighted by molar-refractivity contribution is -0.117. The normalized spacial score (nSPS) is 12.6. The first-order valence-corrected chi connectivity index (χ1v) is 10.8. The second kappa shape index (κ2) is 9.16. The van der Waals surface area contributed by atoms with Gasteiger partial charge in [0.25, 0.3) is 0 Å². The van der Waals surface area contributed by atoms with Gasteiger partial charge in [-0.15, -0.1) is 0 Å². The van der Waals surface area contributed by atoms with Gasteiger partial charge in [0.2, 0.25) is 15.9 Å². The summed E-state index contributed by atoms with van der Waals surface area (Å²) in [7, 11) is -3.84. The van der Waals surface area contributed by atoms with Gasteiger partial charge in [0.1, 0.15) is 11.9 Å². The Bertz CT molecular complexity index is 858.